The monoisotopic (exact) mass is 454 g/mol. The maximum Gasteiger partial charge on any atom is 0.253 e. The second-order valence-electron chi connectivity index (χ2n) is 7.42. The highest BCUT2D eigenvalue weighted by Gasteiger charge is 2.15. The summed E-state index contributed by atoms with van der Waals surface area (Å²) in [5.41, 5.74) is 3.60. The molecule has 1 amide bonds. The molecule has 6 heteroatoms. The summed E-state index contributed by atoms with van der Waals surface area (Å²) in [5, 5.41) is 4.71. The van der Waals surface area contributed by atoms with E-state index in [0.717, 1.165) is 22.0 Å². The highest BCUT2D eigenvalue weighted by Crippen LogP contribution is 2.23. The molecule has 0 unspecified atom stereocenters. The average Bonchev–Trinajstić information content (AvgIpc) is 3.14. The number of rotatable bonds is 7. The molecule has 158 valence electrons. The molecule has 0 saturated heterocycles. The summed E-state index contributed by atoms with van der Waals surface area (Å²) in [7, 11) is 0. The number of hydrogen-bond donors (Lipinski definition) is 1. The third-order valence-electron chi connectivity index (χ3n) is 5.21. The predicted octanol–water partition coefficient (Wildman–Crippen LogP) is 6.50. The summed E-state index contributed by atoms with van der Waals surface area (Å²) in [4.78, 5) is 12.9. The summed E-state index contributed by atoms with van der Waals surface area (Å²) in [6, 6.07) is 20.4. The first-order chi connectivity index (χ1) is 15.0. The molecule has 3 nitrogen and oxygen atoms in total. The molecule has 0 saturated carbocycles. The molecule has 4 aromatic rings. The molecule has 0 aliphatic heterocycles. The lowest BCUT2D eigenvalue weighted by Crippen LogP contribution is -2.24. The Morgan fingerprint density at radius 2 is 1.71 bits per heavy atom. The van der Waals surface area contributed by atoms with Crippen LogP contribution in [0.15, 0.2) is 72.9 Å². The molecule has 0 bridgehead atoms. The molecule has 0 spiro atoms. The maximum absolute atomic E-state index is 13.6. The molecule has 0 atom stereocenters. The van der Waals surface area contributed by atoms with Gasteiger partial charge in [-0.3, -0.25) is 4.79 Å². The molecule has 0 aliphatic carbocycles. The number of benzene rings is 3. The number of halogens is 3. The highest BCUT2D eigenvalue weighted by atomic mass is 35.5. The van der Waals surface area contributed by atoms with Gasteiger partial charge in [-0.15, -0.1) is 0 Å². The van der Waals surface area contributed by atoms with Gasteiger partial charge in [-0.1, -0.05) is 59.6 Å². The number of amides is 1. The van der Waals surface area contributed by atoms with Crippen LogP contribution < -0.4 is 5.32 Å². The second-order valence-corrected chi connectivity index (χ2v) is 8.27. The number of aromatic nitrogens is 1. The summed E-state index contributed by atoms with van der Waals surface area (Å²) in [5.74, 6) is -0.537. The van der Waals surface area contributed by atoms with Crippen LogP contribution in [0.3, 0.4) is 0 Å². The van der Waals surface area contributed by atoms with Crippen molar-refractivity contribution >= 4 is 40.0 Å². The van der Waals surface area contributed by atoms with E-state index in [2.05, 4.69) is 9.88 Å². The molecule has 31 heavy (non-hydrogen) atoms. The number of para-hydroxylation sites is 1. The molecular formula is C25H21Cl2FN2O. The Morgan fingerprint density at radius 3 is 2.48 bits per heavy atom. The Balaban J connectivity index is 1.43. The van der Waals surface area contributed by atoms with E-state index in [1.54, 1.807) is 12.1 Å². The zero-order valence-corrected chi connectivity index (χ0v) is 18.3. The van der Waals surface area contributed by atoms with Gasteiger partial charge in [0.25, 0.3) is 5.91 Å². The van der Waals surface area contributed by atoms with E-state index in [9.17, 15) is 9.18 Å². The second kappa shape index (κ2) is 9.54. The molecule has 1 N–H and O–H groups in total. The molecular weight excluding hydrogens is 434 g/mol. The molecule has 3 aromatic carbocycles. The van der Waals surface area contributed by atoms with Crippen molar-refractivity contribution < 1.29 is 9.18 Å². The minimum Gasteiger partial charge on any atom is -0.352 e. The number of aryl methyl sites for hydroxylation is 1. The Kier molecular flexibility index (Phi) is 6.59. The van der Waals surface area contributed by atoms with Crippen LogP contribution in [0.1, 0.15) is 27.9 Å². The van der Waals surface area contributed by atoms with Crippen molar-refractivity contribution in [2.75, 3.05) is 6.54 Å². The lowest BCUT2D eigenvalue weighted by molar-refractivity contribution is 0.0954. The molecule has 0 radical (unpaired) electrons. The van der Waals surface area contributed by atoms with E-state index < -0.39 is 5.82 Å². The zero-order valence-electron chi connectivity index (χ0n) is 16.7. The Labute approximate surface area is 190 Å². The minimum absolute atomic E-state index is 0.117. The van der Waals surface area contributed by atoms with Gasteiger partial charge in [0.05, 0.1) is 10.6 Å². The van der Waals surface area contributed by atoms with Gasteiger partial charge in [0.1, 0.15) is 5.82 Å². The predicted molar refractivity (Wildman–Crippen MR) is 125 cm³/mol. The fourth-order valence-corrected chi connectivity index (χ4v) is 3.87. The number of hydrogen-bond acceptors (Lipinski definition) is 1. The number of fused-ring (bicyclic) bond motifs is 1. The van der Waals surface area contributed by atoms with Gasteiger partial charge in [0, 0.05) is 35.2 Å². The van der Waals surface area contributed by atoms with Crippen LogP contribution in [-0.4, -0.2) is 17.0 Å². The Hall–Kier alpha value is -2.82. The van der Waals surface area contributed by atoms with E-state index in [1.807, 2.05) is 54.7 Å². The summed E-state index contributed by atoms with van der Waals surface area (Å²) in [6.45, 7) is 1.15. The van der Waals surface area contributed by atoms with E-state index >= 15 is 0 Å². The Morgan fingerprint density at radius 1 is 0.968 bits per heavy atom. The molecule has 4 rings (SSSR count). The highest BCUT2D eigenvalue weighted by molar-refractivity contribution is 6.30. The smallest absolute Gasteiger partial charge is 0.253 e. The van der Waals surface area contributed by atoms with Gasteiger partial charge in [-0.2, -0.15) is 0 Å². The van der Waals surface area contributed by atoms with Crippen LogP contribution in [0, 0.1) is 5.82 Å². The third kappa shape index (κ3) is 5.09. The van der Waals surface area contributed by atoms with E-state index in [0.29, 0.717) is 36.5 Å². The lowest BCUT2D eigenvalue weighted by Gasteiger charge is -2.06. The van der Waals surface area contributed by atoms with E-state index in [1.165, 1.54) is 6.07 Å². The van der Waals surface area contributed by atoms with Crippen LogP contribution >= 0.6 is 23.2 Å². The van der Waals surface area contributed by atoms with Gasteiger partial charge in [0.15, 0.2) is 0 Å². The molecule has 1 heterocycles. The van der Waals surface area contributed by atoms with Crippen LogP contribution in [0.4, 0.5) is 4.39 Å². The van der Waals surface area contributed by atoms with Gasteiger partial charge in [-0.25, -0.2) is 4.39 Å². The van der Waals surface area contributed by atoms with Crippen LogP contribution in [-0.2, 0) is 13.0 Å². The topological polar surface area (TPSA) is 34.0 Å². The minimum atomic E-state index is -0.420. The first-order valence-electron chi connectivity index (χ1n) is 10.1. The number of carbonyl (C=O) groups is 1. The van der Waals surface area contributed by atoms with Gasteiger partial charge in [-0.05, 0) is 54.3 Å². The van der Waals surface area contributed by atoms with Crippen LogP contribution in [0.5, 0.6) is 0 Å². The van der Waals surface area contributed by atoms with Crippen molar-refractivity contribution in [1.82, 2.24) is 9.88 Å². The van der Waals surface area contributed by atoms with E-state index in [-0.39, 0.29) is 10.9 Å². The quantitative estimate of drug-likeness (QED) is 0.317. The van der Waals surface area contributed by atoms with Crippen LogP contribution in [0.2, 0.25) is 10.0 Å². The fourth-order valence-electron chi connectivity index (χ4n) is 3.63. The average molecular weight is 455 g/mol. The summed E-state index contributed by atoms with van der Waals surface area (Å²) < 4.78 is 15.6. The molecule has 0 fully saturated rings. The van der Waals surface area contributed by atoms with Crippen molar-refractivity contribution in [3.63, 3.8) is 0 Å². The maximum atomic E-state index is 13.6. The number of carbonyl (C=O) groups excluding carboxylic acids is 1. The zero-order chi connectivity index (χ0) is 21.8. The largest absolute Gasteiger partial charge is 0.352 e. The number of nitrogens with zero attached hydrogens (tertiary/aromatic N) is 1. The SMILES string of the molecule is O=C(NCCCc1ccc(Cl)c(F)c1)c1cn(Cc2ccc(Cl)cc2)c2ccccc12. The normalized spacial score (nSPS) is 11.1. The molecule has 1 aromatic heterocycles. The van der Waals surface area contributed by atoms with E-state index in [4.69, 9.17) is 23.2 Å². The van der Waals surface area contributed by atoms with Gasteiger partial charge < -0.3 is 9.88 Å². The molecule has 0 aliphatic rings. The van der Waals surface area contributed by atoms with Crippen molar-refractivity contribution in [3.8, 4) is 0 Å². The van der Waals surface area contributed by atoms with Gasteiger partial charge in [0.2, 0.25) is 0 Å². The summed E-state index contributed by atoms with van der Waals surface area (Å²) >= 11 is 11.7. The number of nitrogens with one attached hydrogen (secondary N) is 1. The van der Waals surface area contributed by atoms with Crippen molar-refractivity contribution in [3.05, 3.63) is 105 Å². The lowest BCUT2D eigenvalue weighted by atomic mass is 10.1. The van der Waals surface area contributed by atoms with Crippen molar-refractivity contribution in [2.24, 2.45) is 0 Å². The summed E-state index contributed by atoms with van der Waals surface area (Å²) in [6.07, 6.45) is 3.26. The first kappa shape index (κ1) is 21.4. The Bertz CT molecular complexity index is 1220. The van der Waals surface area contributed by atoms with Crippen molar-refractivity contribution in [1.29, 1.82) is 0 Å². The third-order valence-corrected chi connectivity index (χ3v) is 5.77. The van der Waals surface area contributed by atoms with Crippen LogP contribution in [0.25, 0.3) is 10.9 Å². The first-order valence-corrected chi connectivity index (χ1v) is 10.8. The van der Waals surface area contributed by atoms with Gasteiger partial charge >= 0.3 is 0 Å². The standard InChI is InChI=1S/C25H21Cl2FN2O/c26-19-10-7-18(8-11-19)15-30-16-21(20-5-1-2-6-24(20)30)25(31)29-13-3-4-17-9-12-22(27)23(28)14-17/h1-2,5-12,14,16H,3-4,13,15H2,(H,29,31). The van der Waals surface area contributed by atoms with Crippen molar-refractivity contribution in [2.45, 2.75) is 19.4 Å². The fraction of sp³-hybridized carbons (Fsp3) is 0.160.